The summed E-state index contributed by atoms with van der Waals surface area (Å²) in [6.07, 6.45) is 0.497. The molecule has 0 aliphatic rings. The van der Waals surface area contributed by atoms with E-state index in [4.69, 9.17) is 10.3 Å². The first-order valence-electron chi connectivity index (χ1n) is 6.03. The number of hydrogen-bond acceptors (Lipinski definition) is 9. The number of nitrogens with zero attached hydrogens (tertiary/aromatic N) is 4. The molecule has 3 N–H and O–H groups in total. The Morgan fingerprint density at radius 1 is 1.43 bits per heavy atom. The zero-order chi connectivity index (χ0) is 15.6. The highest BCUT2D eigenvalue weighted by Crippen LogP contribution is 2.32. The summed E-state index contributed by atoms with van der Waals surface area (Å²) in [5.41, 5.74) is 5.67. The molecule has 0 aromatic carbocycles. The van der Waals surface area contributed by atoms with E-state index in [1.54, 1.807) is 6.92 Å². The molecule has 2 aromatic rings. The highest BCUT2D eigenvalue weighted by molar-refractivity contribution is 7.89. The van der Waals surface area contributed by atoms with Gasteiger partial charge in [0.15, 0.2) is 16.5 Å². The lowest BCUT2D eigenvalue weighted by molar-refractivity contribution is 0.387. The highest BCUT2D eigenvalue weighted by Gasteiger charge is 2.27. The molecule has 0 saturated heterocycles. The first kappa shape index (κ1) is 15.7. The Morgan fingerprint density at radius 2 is 2.14 bits per heavy atom. The van der Waals surface area contributed by atoms with Gasteiger partial charge in [0.05, 0.1) is 0 Å². The molecule has 0 spiro atoms. The third-order valence-corrected chi connectivity index (χ3v) is 5.46. The summed E-state index contributed by atoms with van der Waals surface area (Å²) in [6.45, 7) is 2.14. The molecular formula is C10H16N6O3S2. The zero-order valence-electron chi connectivity index (χ0n) is 11.8. The first-order valence-corrected chi connectivity index (χ1v) is 8.24. The maximum absolute atomic E-state index is 12.2. The Hall–Kier alpha value is -1.72. The molecule has 21 heavy (non-hydrogen) atoms. The molecule has 0 aliphatic heterocycles. The second-order valence-corrected chi connectivity index (χ2v) is 7.28. The third-order valence-electron chi connectivity index (χ3n) is 2.62. The number of rotatable bonds is 6. The molecule has 2 rings (SSSR count). The monoisotopic (exact) mass is 332 g/mol. The van der Waals surface area contributed by atoms with Crippen molar-refractivity contribution in [3.05, 3.63) is 11.7 Å². The van der Waals surface area contributed by atoms with Crippen LogP contribution in [-0.4, -0.2) is 47.9 Å². The lowest BCUT2D eigenvalue weighted by Gasteiger charge is -2.12. The van der Waals surface area contributed by atoms with E-state index in [-0.39, 0.29) is 10.7 Å². The van der Waals surface area contributed by atoms with Gasteiger partial charge in [-0.05, 0) is 11.5 Å². The fraction of sp³-hybridized carbons (Fsp3) is 0.500. The number of nitrogen functional groups attached to an aromatic ring is 1. The summed E-state index contributed by atoms with van der Waals surface area (Å²) < 4.78 is 34.3. The van der Waals surface area contributed by atoms with E-state index in [1.165, 1.54) is 14.1 Å². The van der Waals surface area contributed by atoms with Crippen LogP contribution in [0.15, 0.2) is 9.42 Å². The Bertz CT molecular complexity index is 721. The maximum Gasteiger partial charge on any atom is 0.249 e. The lowest BCUT2D eigenvalue weighted by Crippen LogP contribution is -2.23. The molecular weight excluding hydrogens is 316 g/mol. The van der Waals surface area contributed by atoms with Gasteiger partial charge in [-0.1, -0.05) is 5.16 Å². The van der Waals surface area contributed by atoms with Gasteiger partial charge in [0, 0.05) is 34.0 Å². The normalized spacial score (nSPS) is 12.0. The van der Waals surface area contributed by atoms with Crippen LogP contribution in [-0.2, 0) is 16.4 Å². The van der Waals surface area contributed by atoms with E-state index in [0.717, 1.165) is 15.8 Å². The van der Waals surface area contributed by atoms with Crippen LogP contribution in [0.25, 0.3) is 0 Å². The SMILES string of the molecule is Cc1nc(CCNc2snc(N)c2S(=O)(=O)N(C)C)no1. The van der Waals surface area contributed by atoms with Crippen molar-refractivity contribution >= 4 is 32.4 Å². The van der Waals surface area contributed by atoms with Crippen LogP contribution in [0.2, 0.25) is 0 Å². The summed E-state index contributed by atoms with van der Waals surface area (Å²) in [7, 11) is -0.756. The Kier molecular flexibility index (Phi) is 4.44. The van der Waals surface area contributed by atoms with Crippen molar-refractivity contribution < 1.29 is 12.9 Å². The molecule has 0 unspecified atom stereocenters. The number of nitrogens with one attached hydrogen (secondary N) is 1. The molecule has 2 heterocycles. The van der Waals surface area contributed by atoms with Crippen LogP contribution in [0.3, 0.4) is 0 Å². The number of sulfonamides is 1. The smallest absolute Gasteiger partial charge is 0.249 e. The fourth-order valence-corrected chi connectivity index (χ4v) is 3.67. The van der Waals surface area contributed by atoms with Gasteiger partial charge in [-0.2, -0.15) is 9.36 Å². The highest BCUT2D eigenvalue weighted by atomic mass is 32.2. The standard InChI is InChI=1S/C10H16N6O3S2/c1-6-13-7(14-19-6)4-5-12-10-8(9(11)15-20-10)21(17,18)16(2)3/h12H,4-5H2,1-3H3,(H2,11,15). The minimum absolute atomic E-state index is 0.00166. The molecule has 116 valence electrons. The van der Waals surface area contributed by atoms with Crippen molar-refractivity contribution in [2.24, 2.45) is 0 Å². The second kappa shape index (κ2) is 5.95. The second-order valence-electron chi connectivity index (χ2n) is 4.42. The van der Waals surface area contributed by atoms with E-state index in [2.05, 4.69) is 19.8 Å². The Balaban J connectivity index is 2.11. The van der Waals surface area contributed by atoms with Gasteiger partial charge in [-0.15, -0.1) is 0 Å². The largest absolute Gasteiger partial charge is 0.382 e. The lowest BCUT2D eigenvalue weighted by atomic mass is 10.4. The maximum atomic E-state index is 12.2. The summed E-state index contributed by atoms with van der Waals surface area (Å²) in [6, 6.07) is 0. The molecule has 0 bridgehead atoms. The Labute approximate surface area is 126 Å². The summed E-state index contributed by atoms with van der Waals surface area (Å²) in [5, 5.41) is 7.17. The van der Waals surface area contributed by atoms with Crippen LogP contribution >= 0.6 is 11.5 Å². The average molecular weight is 332 g/mol. The number of hydrogen-bond donors (Lipinski definition) is 2. The van der Waals surface area contributed by atoms with Gasteiger partial charge in [0.1, 0.15) is 5.00 Å². The summed E-state index contributed by atoms with van der Waals surface area (Å²) in [5.74, 6) is 1.03. The summed E-state index contributed by atoms with van der Waals surface area (Å²) in [4.78, 5) is 4.07. The minimum Gasteiger partial charge on any atom is -0.382 e. The van der Waals surface area contributed by atoms with Crippen molar-refractivity contribution in [3.63, 3.8) is 0 Å². The van der Waals surface area contributed by atoms with Crippen molar-refractivity contribution in [3.8, 4) is 0 Å². The average Bonchev–Trinajstić information content (AvgIpc) is 2.96. The molecule has 0 amide bonds. The van der Waals surface area contributed by atoms with Crippen molar-refractivity contribution in [2.75, 3.05) is 31.7 Å². The van der Waals surface area contributed by atoms with Gasteiger partial charge < -0.3 is 15.6 Å². The summed E-state index contributed by atoms with van der Waals surface area (Å²) >= 11 is 1.00. The molecule has 0 atom stereocenters. The van der Waals surface area contributed by atoms with Crippen LogP contribution in [0, 0.1) is 6.92 Å². The molecule has 0 saturated carbocycles. The fourth-order valence-electron chi connectivity index (χ4n) is 1.57. The molecule has 2 aromatic heterocycles. The van der Waals surface area contributed by atoms with Gasteiger partial charge in [0.2, 0.25) is 15.9 Å². The van der Waals surface area contributed by atoms with Crippen LogP contribution in [0.5, 0.6) is 0 Å². The molecule has 9 nitrogen and oxygen atoms in total. The van der Waals surface area contributed by atoms with Crippen molar-refractivity contribution in [1.82, 2.24) is 18.8 Å². The molecule has 0 fully saturated rings. The van der Waals surface area contributed by atoms with Crippen molar-refractivity contribution in [2.45, 2.75) is 18.2 Å². The first-order chi connectivity index (χ1) is 9.82. The van der Waals surface area contributed by atoms with Gasteiger partial charge in [-0.25, -0.2) is 12.7 Å². The van der Waals surface area contributed by atoms with Crippen LogP contribution in [0.4, 0.5) is 10.8 Å². The van der Waals surface area contributed by atoms with Crippen LogP contribution in [0.1, 0.15) is 11.7 Å². The minimum atomic E-state index is -3.64. The van der Waals surface area contributed by atoms with Crippen LogP contribution < -0.4 is 11.1 Å². The van der Waals surface area contributed by atoms with E-state index in [1.807, 2.05) is 0 Å². The third kappa shape index (κ3) is 3.31. The number of anilines is 2. The Morgan fingerprint density at radius 3 is 2.71 bits per heavy atom. The van der Waals surface area contributed by atoms with Crippen molar-refractivity contribution in [1.29, 1.82) is 0 Å². The number of nitrogens with two attached hydrogens (primary N) is 1. The van der Waals surface area contributed by atoms with E-state index in [9.17, 15) is 8.42 Å². The molecule has 11 heteroatoms. The van der Waals surface area contributed by atoms with E-state index in [0.29, 0.717) is 29.7 Å². The van der Waals surface area contributed by atoms with Gasteiger partial charge in [0.25, 0.3) is 0 Å². The topological polar surface area (TPSA) is 127 Å². The number of aryl methyl sites for hydroxylation is 1. The molecule has 0 aliphatic carbocycles. The van der Waals surface area contributed by atoms with Gasteiger partial charge >= 0.3 is 0 Å². The predicted octanol–water partition coefficient (Wildman–Crippen LogP) is 0.322. The zero-order valence-corrected chi connectivity index (χ0v) is 13.5. The molecule has 0 radical (unpaired) electrons. The van der Waals surface area contributed by atoms with E-state index < -0.39 is 10.0 Å². The van der Waals surface area contributed by atoms with Gasteiger partial charge in [-0.3, -0.25) is 0 Å². The van der Waals surface area contributed by atoms with E-state index >= 15 is 0 Å². The number of aromatic nitrogens is 3. The predicted molar refractivity (Wildman–Crippen MR) is 78.6 cm³/mol. The quantitative estimate of drug-likeness (QED) is 0.774.